The van der Waals surface area contributed by atoms with Gasteiger partial charge in [0.1, 0.15) is 5.82 Å². The summed E-state index contributed by atoms with van der Waals surface area (Å²) >= 11 is 1.38. The second-order valence-corrected chi connectivity index (χ2v) is 11.1. The first-order chi connectivity index (χ1) is 23.1. The number of carbonyl (C=O) groups excluding carboxylic acids is 2. The van der Waals surface area contributed by atoms with Crippen LogP contribution in [0.2, 0.25) is 0 Å². The van der Waals surface area contributed by atoms with Gasteiger partial charge in [0.25, 0.3) is 5.91 Å². The molecule has 2 amide bonds. The van der Waals surface area contributed by atoms with Gasteiger partial charge in [0.15, 0.2) is 5.13 Å². The van der Waals surface area contributed by atoms with Crippen molar-refractivity contribution in [3.8, 4) is 11.3 Å². The van der Waals surface area contributed by atoms with Gasteiger partial charge < -0.3 is 16.8 Å². The van der Waals surface area contributed by atoms with E-state index in [1.54, 1.807) is 12.1 Å². The van der Waals surface area contributed by atoms with Crippen LogP contribution in [0.1, 0.15) is 108 Å². The van der Waals surface area contributed by atoms with Crippen LogP contribution in [0.4, 0.5) is 18.3 Å². The maximum atomic E-state index is 13.4. The lowest BCUT2D eigenvalue weighted by atomic mass is 9.97. The molecule has 1 saturated carbocycles. The van der Waals surface area contributed by atoms with E-state index >= 15 is 0 Å². The number of amides is 2. The van der Waals surface area contributed by atoms with Gasteiger partial charge in [-0.1, -0.05) is 73.7 Å². The number of benzene rings is 2. The number of thiazole rings is 1. The third-order valence-corrected chi connectivity index (χ3v) is 7.51. The lowest BCUT2D eigenvalue weighted by Gasteiger charge is -2.14. The molecule has 1 fully saturated rings. The Bertz CT molecular complexity index is 1510. The van der Waals surface area contributed by atoms with Gasteiger partial charge in [-0.25, -0.2) is 18.2 Å². The average Bonchev–Trinajstić information content (AvgIpc) is 3.88. The number of nitrogens with zero attached hydrogens (tertiary/aromatic N) is 2. The molecule has 0 spiro atoms. The number of aromatic nitrogens is 2. The summed E-state index contributed by atoms with van der Waals surface area (Å²) in [5, 5.41) is 3.50. The zero-order valence-corrected chi connectivity index (χ0v) is 30.7. The average molecular weight is 706 g/mol. The lowest BCUT2D eigenvalue weighted by molar-refractivity contribution is -0.106. The molecule has 2 heterocycles. The first-order valence-corrected chi connectivity index (χ1v) is 17.5. The zero-order chi connectivity index (χ0) is 36.8. The quantitative estimate of drug-likeness (QED) is 0.157. The molecule has 4 aromatic rings. The molecule has 11 heteroatoms. The summed E-state index contributed by atoms with van der Waals surface area (Å²) in [6.45, 7) is 18.6. The molecular formula is C38H58F3N5O2S. The molecule has 0 atom stereocenters. The Morgan fingerprint density at radius 1 is 1.00 bits per heavy atom. The molecule has 1 aliphatic carbocycles. The number of anilines is 1. The summed E-state index contributed by atoms with van der Waals surface area (Å²) in [7, 11) is 0. The number of primary amides is 1. The number of nitrogen functional groups attached to an aromatic ring is 1. The van der Waals surface area contributed by atoms with E-state index in [1.807, 2.05) is 60.6 Å². The maximum absolute atomic E-state index is 13.4. The Morgan fingerprint density at radius 2 is 1.57 bits per heavy atom. The van der Waals surface area contributed by atoms with E-state index in [4.69, 9.17) is 15.5 Å². The highest BCUT2D eigenvalue weighted by molar-refractivity contribution is 7.22. The number of halogens is 3. The van der Waals surface area contributed by atoms with Crippen LogP contribution in [0.3, 0.4) is 0 Å². The Hall–Kier alpha value is -3.99. The number of hydrogen-bond donors (Lipinski definition) is 3. The van der Waals surface area contributed by atoms with Crippen molar-refractivity contribution in [2.75, 3.05) is 12.3 Å². The molecule has 49 heavy (non-hydrogen) atoms. The van der Waals surface area contributed by atoms with Crippen molar-refractivity contribution < 1.29 is 22.8 Å². The van der Waals surface area contributed by atoms with E-state index in [0.29, 0.717) is 23.7 Å². The molecule has 0 aliphatic heterocycles. The smallest absolute Gasteiger partial charge is 0.251 e. The van der Waals surface area contributed by atoms with Crippen molar-refractivity contribution in [2.45, 2.75) is 108 Å². The first kappa shape index (κ1) is 47.1. The standard InChI is InChI=1S/C26H27FN4OS.C4H6F2.3C2H6.CH3NO.CH4/c1-4-5-18-13-21(30-24(16(18)3)17-6-8-20(27)9-7-17)10-11-29-25(32)19-12-15(2)23-22(14-19)33-26(28)31-23;5-4(6)3-1-2-3;3*1-2;2-1-3;/h6-9,12-14H,4-5,10-11H2,1-3H3,(H2,28,31)(H,29,32);3-4H,1-2H2;3*1-2H3;1H,(H2,2,3);1H4. The van der Waals surface area contributed by atoms with Crippen molar-refractivity contribution >= 4 is 39.0 Å². The lowest BCUT2D eigenvalue weighted by Crippen LogP contribution is -2.26. The van der Waals surface area contributed by atoms with Crippen LogP contribution >= 0.6 is 11.3 Å². The fourth-order valence-electron chi connectivity index (χ4n) is 4.37. The van der Waals surface area contributed by atoms with Crippen LogP contribution in [0.25, 0.3) is 21.5 Å². The molecule has 1 aliphatic rings. The molecule has 7 nitrogen and oxygen atoms in total. The van der Waals surface area contributed by atoms with Gasteiger partial charge in [0, 0.05) is 35.7 Å². The van der Waals surface area contributed by atoms with Gasteiger partial charge in [0.05, 0.1) is 15.9 Å². The predicted octanol–water partition coefficient (Wildman–Crippen LogP) is 10.1. The van der Waals surface area contributed by atoms with E-state index in [9.17, 15) is 18.0 Å². The van der Waals surface area contributed by atoms with E-state index in [0.717, 1.165) is 64.0 Å². The minimum absolute atomic E-state index is 0. The summed E-state index contributed by atoms with van der Waals surface area (Å²) in [5.74, 6) is -0.630. The number of pyridine rings is 1. The number of nitrogens with two attached hydrogens (primary N) is 2. The summed E-state index contributed by atoms with van der Waals surface area (Å²) < 4.78 is 36.8. The highest BCUT2D eigenvalue weighted by Crippen LogP contribution is 2.34. The fourth-order valence-corrected chi connectivity index (χ4v) is 5.22. The maximum Gasteiger partial charge on any atom is 0.251 e. The van der Waals surface area contributed by atoms with Crippen LogP contribution in [-0.2, 0) is 17.6 Å². The minimum Gasteiger partial charge on any atom is -0.375 e. The molecule has 0 unspecified atom stereocenters. The number of fused-ring (bicyclic) bond motifs is 1. The first-order valence-electron chi connectivity index (χ1n) is 16.7. The second kappa shape index (κ2) is 26.0. The number of nitrogens with one attached hydrogen (secondary N) is 1. The molecule has 5 N–H and O–H groups in total. The highest BCUT2D eigenvalue weighted by atomic mass is 32.1. The SMILES string of the molecule is C.CC.CC.CC.CCCc1cc(CCNC(=O)c2cc(C)c3nc(N)sc3c2)nc(-c2ccc(F)cc2)c1C.FC(F)C1CC1.NC=O. The van der Waals surface area contributed by atoms with Gasteiger partial charge >= 0.3 is 0 Å². The van der Waals surface area contributed by atoms with Gasteiger partial charge in [0.2, 0.25) is 12.8 Å². The highest BCUT2D eigenvalue weighted by Gasteiger charge is 2.30. The molecule has 274 valence electrons. The second-order valence-electron chi connectivity index (χ2n) is 10.0. The number of carbonyl (C=O) groups is 2. The summed E-state index contributed by atoms with van der Waals surface area (Å²) in [6, 6.07) is 12.2. The van der Waals surface area contributed by atoms with Gasteiger partial charge in [-0.2, -0.15) is 0 Å². The molecule has 0 radical (unpaired) electrons. The van der Waals surface area contributed by atoms with Gasteiger partial charge in [-0.15, -0.1) is 0 Å². The zero-order valence-electron chi connectivity index (χ0n) is 29.9. The number of alkyl halides is 2. The van der Waals surface area contributed by atoms with Crippen molar-refractivity contribution in [3.05, 3.63) is 76.2 Å². The van der Waals surface area contributed by atoms with E-state index in [1.165, 1.54) is 29.0 Å². The van der Waals surface area contributed by atoms with Gasteiger partial charge in [-0.3, -0.25) is 14.6 Å². The van der Waals surface area contributed by atoms with Crippen LogP contribution < -0.4 is 16.8 Å². The van der Waals surface area contributed by atoms with Crippen LogP contribution in [-0.4, -0.2) is 35.3 Å². The summed E-state index contributed by atoms with van der Waals surface area (Å²) in [4.78, 5) is 30.5. The Labute approximate surface area is 296 Å². The monoisotopic (exact) mass is 705 g/mol. The van der Waals surface area contributed by atoms with Crippen molar-refractivity contribution in [2.24, 2.45) is 11.7 Å². The third kappa shape index (κ3) is 15.8. The van der Waals surface area contributed by atoms with Crippen LogP contribution in [0, 0.1) is 25.6 Å². The van der Waals surface area contributed by atoms with E-state index in [-0.39, 0.29) is 31.5 Å². The Kier molecular flexibility index (Phi) is 25.0. The van der Waals surface area contributed by atoms with E-state index in [2.05, 4.69) is 35.9 Å². The normalized spacial score (nSPS) is 10.9. The van der Waals surface area contributed by atoms with Crippen molar-refractivity contribution in [1.29, 1.82) is 0 Å². The molecule has 0 saturated heterocycles. The number of rotatable bonds is 8. The Balaban J connectivity index is 0. The molecule has 2 aromatic carbocycles. The number of hydrogen-bond acceptors (Lipinski definition) is 6. The van der Waals surface area contributed by atoms with E-state index < -0.39 is 6.43 Å². The topological polar surface area (TPSA) is 124 Å². The van der Waals surface area contributed by atoms with Crippen molar-refractivity contribution in [3.63, 3.8) is 0 Å². The van der Waals surface area contributed by atoms with Crippen LogP contribution in [0.15, 0.2) is 42.5 Å². The molecule has 0 bridgehead atoms. The third-order valence-electron chi connectivity index (χ3n) is 6.68. The van der Waals surface area contributed by atoms with Crippen molar-refractivity contribution in [1.82, 2.24) is 15.3 Å². The molecular weight excluding hydrogens is 648 g/mol. The predicted molar refractivity (Wildman–Crippen MR) is 203 cm³/mol. The fraction of sp³-hybridized carbons (Fsp3) is 0.474. The van der Waals surface area contributed by atoms with Gasteiger partial charge in [-0.05, 0) is 92.3 Å². The summed E-state index contributed by atoms with van der Waals surface area (Å²) in [6.07, 6.45) is 2.28. The minimum atomic E-state index is -2.04. The van der Waals surface area contributed by atoms with Crippen LogP contribution in [0.5, 0.6) is 0 Å². The molecule has 2 aromatic heterocycles. The summed E-state index contributed by atoms with van der Waals surface area (Å²) in [5.41, 5.74) is 17.4. The largest absolute Gasteiger partial charge is 0.375 e. The molecule has 5 rings (SSSR count). The Morgan fingerprint density at radius 3 is 2.06 bits per heavy atom. The number of aryl methyl sites for hydroxylation is 2.